The minimum atomic E-state index is -0.498. The second kappa shape index (κ2) is 8.42. The molecule has 1 aromatic heterocycles. The molecular weight excluding hydrogens is 390 g/mol. The molecule has 1 atom stereocenters. The van der Waals surface area contributed by atoms with Crippen LogP contribution < -0.4 is 10.2 Å². The number of aryl methyl sites for hydroxylation is 2. The molecule has 2 aromatic carbocycles. The van der Waals surface area contributed by atoms with Gasteiger partial charge in [0, 0.05) is 6.54 Å². The number of fused-ring (bicyclic) bond motifs is 2. The van der Waals surface area contributed by atoms with E-state index in [0.717, 1.165) is 29.5 Å². The number of amides is 1. The van der Waals surface area contributed by atoms with Gasteiger partial charge in [-0.25, -0.2) is 0 Å². The van der Waals surface area contributed by atoms with Gasteiger partial charge in [-0.15, -0.1) is 0 Å². The molecule has 0 saturated heterocycles. The largest absolute Gasteiger partial charge is 0.490 e. The van der Waals surface area contributed by atoms with Crippen molar-refractivity contribution in [2.24, 2.45) is 0 Å². The number of carbonyl (C=O) groups excluding carboxylic acids is 1. The zero-order valence-corrected chi connectivity index (χ0v) is 18.2. The maximum Gasteiger partial charge on any atom is 0.290 e. The zero-order valence-electron chi connectivity index (χ0n) is 18.2. The number of carbonyl (C=O) groups is 1. The predicted octanol–water partition coefficient (Wildman–Crippen LogP) is 5.32. The highest BCUT2D eigenvalue weighted by Crippen LogP contribution is 2.39. The Hall–Kier alpha value is -3.34. The molecule has 0 spiro atoms. The third-order valence-electron chi connectivity index (χ3n) is 5.71. The molecule has 1 unspecified atom stereocenters. The summed E-state index contributed by atoms with van der Waals surface area (Å²) in [6, 6.07) is 10.9. The van der Waals surface area contributed by atoms with Gasteiger partial charge < -0.3 is 14.1 Å². The Bertz CT molecular complexity index is 1220. The molecule has 31 heavy (non-hydrogen) atoms. The molecule has 1 aliphatic rings. The van der Waals surface area contributed by atoms with Crippen LogP contribution in [-0.4, -0.2) is 24.0 Å². The number of hydrogen-bond acceptors (Lipinski definition) is 4. The van der Waals surface area contributed by atoms with Crippen molar-refractivity contribution in [3.63, 3.8) is 0 Å². The highest BCUT2D eigenvalue weighted by atomic mass is 16.5. The Labute approximate surface area is 181 Å². The highest BCUT2D eigenvalue weighted by Gasteiger charge is 2.42. The van der Waals surface area contributed by atoms with Crippen molar-refractivity contribution >= 4 is 16.9 Å². The summed E-state index contributed by atoms with van der Waals surface area (Å²) in [5.41, 5.74) is 3.43. The fourth-order valence-electron chi connectivity index (χ4n) is 4.35. The summed E-state index contributed by atoms with van der Waals surface area (Å²) >= 11 is 0. The summed E-state index contributed by atoms with van der Waals surface area (Å²) in [6.07, 6.45) is 3.46. The van der Waals surface area contributed by atoms with Crippen LogP contribution in [0.5, 0.6) is 5.75 Å². The number of hydrogen-bond donors (Lipinski definition) is 0. The van der Waals surface area contributed by atoms with E-state index >= 15 is 0 Å². The summed E-state index contributed by atoms with van der Waals surface area (Å²) in [5.74, 6) is 0.593. The van der Waals surface area contributed by atoms with Gasteiger partial charge in [-0.1, -0.05) is 44.2 Å². The van der Waals surface area contributed by atoms with E-state index in [1.807, 2.05) is 50.2 Å². The quantitative estimate of drug-likeness (QED) is 0.488. The SMILES string of the molecule is C=CCOc1cccc(C2c3c(oc4cc(C)cc(C)c4c3=O)C(=O)N2CCCC)c1. The molecule has 0 N–H and O–H groups in total. The van der Waals surface area contributed by atoms with Gasteiger partial charge in [0.25, 0.3) is 5.91 Å². The van der Waals surface area contributed by atoms with E-state index in [2.05, 4.69) is 13.5 Å². The Morgan fingerprint density at radius 1 is 1.19 bits per heavy atom. The lowest BCUT2D eigenvalue weighted by atomic mass is 9.96. The van der Waals surface area contributed by atoms with Crippen LogP contribution in [0.1, 0.15) is 58.6 Å². The average Bonchev–Trinajstić information content (AvgIpc) is 3.02. The fourth-order valence-corrected chi connectivity index (χ4v) is 4.35. The molecule has 0 aliphatic carbocycles. The van der Waals surface area contributed by atoms with E-state index in [4.69, 9.17) is 9.15 Å². The van der Waals surface area contributed by atoms with Crippen LogP contribution in [0.2, 0.25) is 0 Å². The minimum Gasteiger partial charge on any atom is -0.490 e. The Morgan fingerprint density at radius 3 is 2.74 bits per heavy atom. The van der Waals surface area contributed by atoms with Crippen molar-refractivity contribution in [1.29, 1.82) is 0 Å². The number of ether oxygens (including phenoxy) is 1. The van der Waals surface area contributed by atoms with Crippen molar-refractivity contribution in [3.8, 4) is 5.75 Å². The van der Waals surface area contributed by atoms with Gasteiger partial charge in [-0.05, 0) is 55.2 Å². The van der Waals surface area contributed by atoms with Crippen LogP contribution in [0.15, 0.2) is 58.3 Å². The summed E-state index contributed by atoms with van der Waals surface area (Å²) < 4.78 is 11.8. The molecular formula is C26H27NO4. The smallest absolute Gasteiger partial charge is 0.290 e. The van der Waals surface area contributed by atoms with Gasteiger partial charge >= 0.3 is 0 Å². The molecule has 4 rings (SSSR count). The maximum absolute atomic E-state index is 13.7. The Balaban J connectivity index is 1.94. The molecule has 0 radical (unpaired) electrons. The maximum atomic E-state index is 13.7. The van der Waals surface area contributed by atoms with Crippen molar-refractivity contribution in [2.45, 2.75) is 39.7 Å². The number of rotatable bonds is 7. The first kappa shape index (κ1) is 20.9. The van der Waals surface area contributed by atoms with E-state index in [9.17, 15) is 9.59 Å². The van der Waals surface area contributed by atoms with Crippen LogP contribution in [0.4, 0.5) is 0 Å². The van der Waals surface area contributed by atoms with Crippen LogP contribution >= 0.6 is 0 Å². The number of unbranched alkanes of at least 4 members (excludes halogenated alkanes) is 1. The second-order valence-corrected chi connectivity index (χ2v) is 8.06. The molecule has 1 amide bonds. The number of benzene rings is 2. The van der Waals surface area contributed by atoms with Gasteiger partial charge in [0.1, 0.15) is 17.9 Å². The molecule has 0 saturated carbocycles. The normalized spacial score (nSPS) is 15.4. The average molecular weight is 418 g/mol. The molecule has 0 bridgehead atoms. The molecule has 1 aliphatic heterocycles. The molecule has 160 valence electrons. The lowest BCUT2D eigenvalue weighted by molar-refractivity contribution is 0.0725. The fraction of sp³-hybridized carbons (Fsp3) is 0.308. The van der Waals surface area contributed by atoms with Crippen LogP contribution in [0, 0.1) is 13.8 Å². The molecule has 5 nitrogen and oxygen atoms in total. The van der Waals surface area contributed by atoms with E-state index in [-0.39, 0.29) is 17.1 Å². The topological polar surface area (TPSA) is 59.8 Å². The van der Waals surface area contributed by atoms with Crippen LogP contribution in [0.25, 0.3) is 11.0 Å². The van der Waals surface area contributed by atoms with Gasteiger partial charge in [-0.2, -0.15) is 0 Å². The molecule has 3 aromatic rings. The first-order valence-corrected chi connectivity index (χ1v) is 10.7. The van der Waals surface area contributed by atoms with Crippen molar-refractivity contribution in [3.05, 3.63) is 87.3 Å². The van der Waals surface area contributed by atoms with E-state index in [1.54, 1.807) is 11.0 Å². The van der Waals surface area contributed by atoms with E-state index < -0.39 is 6.04 Å². The van der Waals surface area contributed by atoms with Gasteiger partial charge in [0.15, 0.2) is 5.43 Å². The Morgan fingerprint density at radius 2 is 2.00 bits per heavy atom. The van der Waals surface area contributed by atoms with Crippen LogP contribution in [0.3, 0.4) is 0 Å². The van der Waals surface area contributed by atoms with Crippen molar-refractivity contribution < 1.29 is 13.9 Å². The van der Waals surface area contributed by atoms with Crippen molar-refractivity contribution in [1.82, 2.24) is 4.90 Å². The first-order chi connectivity index (χ1) is 15.0. The lowest BCUT2D eigenvalue weighted by Gasteiger charge is -2.25. The van der Waals surface area contributed by atoms with Crippen LogP contribution in [-0.2, 0) is 0 Å². The first-order valence-electron chi connectivity index (χ1n) is 10.7. The standard InChI is InChI=1S/C26H27NO4/c1-5-7-11-27-23(18-9-8-10-19(15-18)30-12-6-2)22-24(28)21-17(4)13-16(3)14-20(21)31-25(22)26(27)29/h6,8-10,13-15,23H,2,5,7,11-12H2,1,3-4H3. The third kappa shape index (κ3) is 3.65. The zero-order chi connectivity index (χ0) is 22.1. The minimum absolute atomic E-state index is 0.136. The van der Waals surface area contributed by atoms with Crippen molar-refractivity contribution in [2.75, 3.05) is 13.2 Å². The third-order valence-corrected chi connectivity index (χ3v) is 5.71. The predicted molar refractivity (Wildman–Crippen MR) is 122 cm³/mol. The van der Waals surface area contributed by atoms with Gasteiger partial charge in [-0.3, -0.25) is 9.59 Å². The molecule has 0 fully saturated rings. The summed E-state index contributed by atoms with van der Waals surface area (Å²) in [5, 5.41) is 0.540. The summed E-state index contributed by atoms with van der Waals surface area (Å²) in [6.45, 7) is 10.6. The molecule has 5 heteroatoms. The van der Waals surface area contributed by atoms with E-state index in [1.165, 1.54) is 0 Å². The summed E-state index contributed by atoms with van der Waals surface area (Å²) in [7, 11) is 0. The molecule has 2 heterocycles. The highest BCUT2D eigenvalue weighted by molar-refractivity contribution is 5.99. The van der Waals surface area contributed by atoms with Gasteiger partial charge in [0.2, 0.25) is 5.76 Å². The Kier molecular flexibility index (Phi) is 5.68. The second-order valence-electron chi connectivity index (χ2n) is 8.06. The lowest BCUT2D eigenvalue weighted by Crippen LogP contribution is -2.30. The monoisotopic (exact) mass is 417 g/mol. The summed E-state index contributed by atoms with van der Waals surface area (Å²) in [4.78, 5) is 28.8. The van der Waals surface area contributed by atoms with Gasteiger partial charge in [0.05, 0.1) is 17.0 Å². The van der Waals surface area contributed by atoms with E-state index in [0.29, 0.717) is 35.4 Å². The number of nitrogens with zero attached hydrogens (tertiary/aromatic N) is 1.